The Bertz CT molecular complexity index is 167. The van der Waals surface area contributed by atoms with Gasteiger partial charge in [0.15, 0.2) is 5.78 Å². The van der Waals surface area contributed by atoms with Gasteiger partial charge in [0, 0.05) is 11.8 Å². The molecule has 0 aromatic heterocycles. The first-order valence-corrected chi connectivity index (χ1v) is 2.51. The summed E-state index contributed by atoms with van der Waals surface area (Å²) in [5, 5.41) is 0. The molecule has 0 aromatic rings. The van der Waals surface area contributed by atoms with E-state index in [-0.39, 0.29) is 5.78 Å². The van der Waals surface area contributed by atoms with Crippen LogP contribution in [-0.4, -0.2) is 18.5 Å². The average molecular weight is 109 g/mol. The van der Waals surface area contributed by atoms with Gasteiger partial charge in [0.1, 0.15) is 0 Å². The van der Waals surface area contributed by atoms with E-state index >= 15 is 0 Å². The van der Waals surface area contributed by atoms with Crippen molar-refractivity contribution in [1.29, 1.82) is 0 Å². The van der Waals surface area contributed by atoms with Crippen molar-refractivity contribution in [2.75, 3.05) is 6.54 Å². The summed E-state index contributed by atoms with van der Waals surface area (Å²) in [4.78, 5) is 14.3. The fraction of sp³-hybridized carbons (Fsp3) is 0.333. The van der Waals surface area contributed by atoms with E-state index in [0.29, 0.717) is 6.54 Å². The number of hydrogen-bond acceptors (Lipinski definition) is 2. The van der Waals surface area contributed by atoms with Gasteiger partial charge in [-0.3, -0.25) is 9.79 Å². The lowest BCUT2D eigenvalue weighted by Crippen LogP contribution is -1.93. The largest absolute Gasteiger partial charge is 0.294 e. The van der Waals surface area contributed by atoms with Crippen LogP contribution >= 0.6 is 0 Å². The van der Waals surface area contributed by atoms with Gasteiger partial charge in [0.05, 0.1) is 6.54 Å². The van der Waals surface area contributed by atoms with Crippen molar-refractivity contribution in [3.8, 4) is 0 Å². The fourth-order valence-corrected chi connectivity index (χ4v) is 0.589. The highest BCUT2D eigenvalue weighted by Crippen LogP contribution is 1.98. The van der Waals surface area contributed by atoms with Crippen molar-refractivity contribution in [3.05, 3.63) is 11.6 Å². The van der Waals surface area contributed by atoms with Gasteiger partial charge >= 0.3 is 0 Å². The van der Waals surface area contributed by atoms with Crippen LogP contribution in [0.2, 0.25) is 0 Å². The van der Waals surface area contributed by atoms with Crippen molar-refractivity contribution in [2.45, 2.75) is 6.92 Å². The molecule has 0 saturated carbocycles. The molecule has 0 N–H and O–H groups in total. The maximum absolute atomic E-state index is 10.5. The van der Waals surface area contributed by atoms with E-state index in [4.69, 9.17) is 0 Å². The van der Waals surface area contributed by atoms with Crippen molar-refractivity contribution >= 4 is 12.0 Å². The van der Waals surface area contributed by atoms with Gasteiger partial charge in [-0.15, -0.1) is 0 Å². The summed E-state index contributed by atoms with van der Waals surface area (Å²) in [6, 6.07) is 0. The molecule has 0 fully saturated rings. The topological polar surface area (TPSA) is 29.4 Å². The van der Waals surface area contributed by atoms with Gasteiger partial charge in [-0.25, -0.2) is 0 Å². The molecule has 42 valence electrons. The summed E-state index contributed by atoms with van der Waals surface area (Å²) in [6.45, 7) is 2.22. The molecule has 0 atom stereocenters. The summed E-state index contributed by atoms with van der Waals surface area (Å²) >= 11 is 0. The van der Waals surface area contributed by atoms with Crippen molar-refractivity contribution in [2.24, 2.45) is 4.99 Å². The first kappa shape index (κ1) is 5.22. The highest BCUT2D eigenvalue weighted by molar-refractivity contribution is 6.13. The Morgan fingerprint density at radius 2 is 2.62 bits per heavy atom. The van der Waals surface area contributed by atoms with E-state index in [1.807, 2.05) is 6.08 Å². The number of rotatable bonds is 1. The van der Waals surface area contributed by atoms with E-state index < -0.39 is 0 Å². The Morgan fingerprint density at radius 1 is 1.88 bits per heavy atom. The molecule has 1 heterocycles. The number of hydrogen-bond donors (Lipinski definition) is 0. The number of carbonyl (C=O) groups excluding carboxylic acids is 1. The van der Waals surface area contributed by atoms with Crippen LogP contribution in [0.3, 0.4) is 0 Å². The number of Topliss-reactive ketones (excluding diaryl/α,β-unsaturated/α-hetero) is 1. The lowest BCUT2D eigenvalue weighted by atomic mass is 10.2. The van der Waals surface area contributed by atoms with Gasteiger partial charge in [-0.05, 0) is 6.92 Å². The third kappa shape index (κ3) is 0.832. The molecule has 0 radical (unpaired) electrons. The minimum atomic E-state index is 0.103. The highest BCUT2D eigenvalue weighted by Gasteiger charge is 2.01. The van der Waals surface area contributed by atoms with E-state index in [2.05, 4.69) is 4.99 Å². The Labute approximate surface area is 47.9 Å². The van der Waals surface area contributed by atoms with Crippen LogP contribution in [0.15, 0.2) is 16.6 Å². The van der Waals surface area contributed by atoms with Crippen LogP contribution in [0.4, 0.5) is 0 Å². The Hall–Kier alpha value is -0.920. The molecule has 0 spiro atoms. The highest BCUT2D eigenvalue weighted by atomic mass is 16.1. The van der Waals surface area contributed by atoms with Crippen LogP contribution in [-0.2, 0) is 4.79 Å². The second-order valence-corrected chi connectivity index (χ2v) is 1.71. The van der Waals surface area contributed by atoms with Crippen molar-refractivity contribution in [3.63, 3.8) is 0 Å². The molecular formula is C6H7NO. The molecule has 2 heteroatoms. The van der Waals surface area contributed by atoms with Crippen LogP contribution in [0.25, 0.3) is 0 Å². The summed E-state index contributed by atoms with van der Waals surface area (Å²) in [7, 11) is 0. The fourth-order valence-electron chi connectivity index (χ4n) is 0.589. The van der Waals surface area contributed by atoms with Crippen molar-refractivity contribution < 1.29 is 4.79 Å². The Morgan fingerprint density at radius 3 is 2.88 bits per heavy atom. The molecule has 1 rings (SSSR count). The number of allylic oxidation sites excluding steroid dienone is 1. The van der Waals surface area contributed by atoms with Crippen LogP contribution in [0.1, 0.15) is 6.92 Å². The lowest BCUT2D eigenvalue weighted by Gasteiger charge is -1.82. The number of aliphatic imine (C=N–C) groups is 1. The second-order valence-electron chi connectivity index (χ2n) is 1.71. The zero-order valence-corrected chi connectivity index (χ0v) is 4.72. The predicted molar refractivity (Wildman–Crippen MR) is 32.1 cm³/mol. The average Bonchev–Trinajstić information content (AvgIpc) is 2.12. The Balaban J connectivity index is 2.72. The molecule has 0 aliphatic carbocycles. The molecule has 0 amide bonds. The van der Waals surface area contributed by atoms with Gasteiger partial charge < -0.3 is 0 Å². The third-order valence-electron chi connectivity index (χ3n) is 1.05. The smallest absolute Gasteiger partial charge is 0.161 e. The van der Waals surface area contributed by atoms with Crippen LogP contribution in [0.5, 0.6) is 0 Å². The first-order valence-electron chi connectivity index (χ1n) is 2.51. The molecule has 1 aliphatic heterocycles. The molecule has 0 unspecified atom stereocenters. The molecule has 2 nitrogen and oxygen atoms in total. The van der Waals surface area contributed by atoms with Gasteiger partial charge in [-0.2, -0.15) is 0 Å². The molecule has 1 aliphatic rings. The summed E-state index contributed by atoms with van der Waals surface area (Å²) in [5.74, 6) is 0.103. The van der Waals surface area contributed by atoms with Gasteiger partial charge in [-0.1, -0.05) is 6.08 Å². The maximum atomic E-state index is 10.5. The summed E-state index contributed by atoms with van der Waals surface area (Å²) < 4.78 is 0. The minimum Gasteiger partial charge on any atom is -0.294 e. The first-order chi connectivity index (χ1) is 3.80. The monoisotopic (exact) mass is 109 g/mol. The second kappa shape index (κ2) is 1.90. The van der Waals surface area contributed by atoms with E-state index in [1.165, 1.54) is 0 Å². The van der Waals surface area contributed by atoms with E-state index in [1.54, 1.807) is 13.1 Å². The molecule has 8 heavy (non-hydrogen) atoms. The summed E-state index contributed by atoms with van der Waals surface area (Å²) in [5.41, 5.74) is 0.741. The zero-order chi connectivity index (χ0) is 5.98. The SMILES string of the molecule is CC(=O)C1=CCN=C1. The maximum Gasteiger partial charge on any atom is 0.161 e. The normalized spacial score (nSPS) is 16.4. The van der Waals surface area contributed by atoms with Crippen molar-refractivity contribution in [1.82, 2.24) is 0 Å². The van der Waals surface area contributed by atoms with E-state index in [9.17, 15) is 4.79 Å². The lowest BCUT2D eigenvalue weighted by molar-refractivity contribution is -0.113. The standard InChI is InChI=1S/C6H7NO/c1-5(8)6-2-3-7-4-6/h2,4H,3H2,1H3. The quantitative estimate of drug-likeness (QED) is 0.484. The van der Waals surface area contributed by atoms with Gasteiger partial charge in [0.25, 0.3) is 0 Å². The van der Waals surface area contributed by atoms with E-state index in [0.717, 1.165) is 5.57 Å². The predicted octanol–water partition coefficient (Wildman–Crippen LogP) is 0.586. The Kier molecular flexibility index (Phi) is 1.24. The number of carbonyl (C=O) groups is 1. The van der Waals surface area contributed by atoms with Gasteiger partial charge in [0.2, 0.25) is 0 Å². The molecule has 0 bridgehead atoms. The van der Waals surface area contributed by atoms with Crippen LogP contribution in [0, 0.1) is 0 Å². The zero-order valence-electron chi connectivity index (χ0n) is 4.72. The molecule has 0 saturated heterocycles. The third-order valence-corrected chi connectivity index (χ3v) is 1.05. The van der Waals surface area contributed by atoms with Crippen LogP contribution < -0.4 is 0 Å². The minimum absolute atomic E-state index is 0.103. The number of ketones is 1. The molecular weight excluding hydrogens is 102 g/mol. The molecule has 0 aromatic carbocycles. The summed E-state index contributed by atoms with van der Waals surface area (Å²) in [6.07, 6.45) is 3.44. The number of nitrogens with zero attached hydrogens (tertiary/aromatic N) is 1.